The van der Waals surface area contributed by atoms with Crippen LogP contribution in [0.15, 0.2) is 0 Å². The lowest BCUT2D eigenvalue weighted by Crippen LogP contribution is -2.24. The van der Waals surface area contributed by atoms with Crippen LogP contribution in [-0.2, 0) is 4.79 Å². The predicted octanol–water partition coefficient (Wildman–Crippen LogP) is 4.21. The highest BCUT2D eigenvalue weighted by Crippen LogP contribution is 2.31. The van der Waals surface area contributed by atoms with Crippen LogP contribution in [0.4, 0.5) is 0 Å². The minimum Gasteiger partial charge on any atom is -0.299 e. The summed E-state index contributed by atoms with van der Waals surface area (Å²) >= 11 is 0. The molecule has 84 valence electrons. The van der Waals surface area contributed by atoms with Crippen LogP contribution in [0.3, 0.4) is 0 Å². The van der Waals surface area contributed by atoms with Gasteiger partial charge in [-0.05, 0) is 19.3 Å². The molecule has 0 aromatic heterocycles. The average molecular weight is 198 g/mol. The van der Waals surface area contributed by atoms with Crippen molar-refractivity contribution in [1.82, 2.24) is 0 Å². The summed E-state index contributed by atoms with van der Waals surface area (Å²) in [6, 6.07) is 0. The van der Waals surface area contributed by atoms with Crippen LogP contribution in [0.25, 0.3) is 0 Å². The van der Waals surface area contributed by atoms with E-state index in [1.54, 1.807) is 6.92 Å². The molecule has 0 aliphatic rings. The highest BCUT2D eigenvalue weighted by molar-refractivity contribution is 5.81. The van der Waals surface area contributed by atoms with Crippen LogP contribution in [0.2, 0.25) is 0 Å². The van der Waals surface area contributed by atoms with Crippen LogP contribution < -0.4 is 0 Å². The lowest BCUT2D eigenvalue weighted by Gasteiger charge is -2.27. The van der Waals surface area contributed by atoms with Crippen molar-refractivity contribution in [2.24, 2.45) is 11.3 Å². The van der Waals surface area contributed by atoms with Crippen molar-refractivity contribution in [2.75, 3.05) is 0 Å². The van der Waals surface area contributed by atoms with Gasteiger partial charge in [0.05, 0.1) is 0 Å². The van der Waals surface area contributed by atoms with Gasteiger partial charge >= 0.3 is 0 Å². The van der Waals surface area contributed by atoms with Gasteiger partial charge in [0.25, 0.3) is 0 Å². The van der Waals surface area contributed by atoms with Gasteiger partial charge in [0, 0.05) is 5.41 Å². The van der Waals surface area contributed by atoms with Crippen molar-refractivity contribution in [2.45, 2.75) is 66.7 Å². The van der Waals surface area contributed by atoms with Crippen LogP contribution in [-0.4, -0.2) is 5.78 Å². The Labute approximate surface area is 89.3 Å². The van der Waals surface area contributed by atoms with Crippen molar-refractivity contribution in [3.05, 3.63) is 0 Å². The van der Waals surface area contributed by atoms with E-state index in [-0.39, 0.29) is 5.41 Å². The van der Waals surface area contributed by atoms with E-state index in [1.807, 2.05) is 0 Å². The third-order valence-corrected chi connectivity index (χ3v) is 3.15. The second-order valence-corrected chi connectivity index (χ2v) is 5.09. The molecule has 0 aliphatic carbocycles. The van der Waals surface area contributed by atoms with E-state index in [0.717, 1.165) is 12.3 Å². The number of carbonyl (C=O) groups excluding carboxylic acids is 1. The van der Waals surface area contributed by atoms with Crippen LogP contribution >= 0.6 is 0 Å². The van der Waals surface area contributed by atoms with Crippen LogP contribution in [0.1, 0.15) is 66.7 Å². The van der Waals surface area contributed by atoms with Crippen LogP contribution in [0.5, 0.6) is 0 Å². The number of Topliss-reactive ketones (excluding diaryl/α,β-unsaturated/α-hetero) is 1. The fraction of sp³-hybridized carbons (Fsp3) is 0.923. The molecule has 0 saturated heterocycles. The topological polar surface area (TPSA) is 17.1 Å². The molecule has 0 N–H and O–H groups in total. The Morgan fingerprint density at radius 1 is 1.14 bits per heavy atom. The minimum absolute atomic E-state index is 0.116. The van der Waals surface area contributed by atoms with Crippen LogP contribution in [0, 0.1) is 11.3 Å². The van der Waals surface area contributed by atoms with Crippen molar-refractivity contribution < 1.29 is 4.79 Å². The molecule has 0 amide bonds. The van der Waals surface area contributed by atoms with Gasteiger partial charge in [-0.15, -0.1) is 0 Å². The Balaban J connectivity index is 4.19. The van der Waals surface area contributed by atoms with Gasteiger partial charge in [0.15, 0.2) is 0 Å². The molecule has 0 aliphatic heterocycles. The molecule has 0 fully saturated rings. The molecule has 1 nitrogen and oxygen atoms in total. The molecule has 0 spiro atoms. The molecular formula is C13H26O. The highest BCUT2D eigenvalue weighted by Gasteiger charge is 2.26. The Morgan fingerprint density at radius 3 is 1.86 bits per heavy atom. The maximum Gasteiger partial charge on any atom is 0.135 e. The van der Waals surface area contributed by atoms with Gasteiger partial charge in [0.1, 0.15) is 5.78 Å². The molecule has 0 heterocycles. The highest BCUT2D eigenvalue weighted by atomic mass is 16.1. The van der Waals surface area contributed by atoms with Crippen molar-refractivity contribution in [3.8, 4) is 0 Å². The zero-order chi connectivity index (χ0) is 11.2. The number of rotatable bonds is 7. The molecule has 0 rings (SSSR count). The maximum absolute atomic E-state index is 11.4. The lowest BCUT2D eigenvalue weighted by atomic mass is 9.77. The Hall–Kier alpha value is -0.330. The maximum atomic E-state index is 11.4. The average Bonchev–Trinajstić information content (AvgIpc) is 2.04. The second kappa shape index (κ2) is 6.21. The monoisotopic (exact) mass is 198 g/mol. The summed E-state index contributed by atoms with van der Waals surface area (Å²) in [7, 11) is 0. The largest absolute Gasteiger partial charge is 0.299 e. The fourth-order valence-electron chi connectivity index (χ4n) is 2.03. The first-order chi connectivity index (χ1) is 6.44. The van der Waals surface area contributed by atoms with Gasteiger partial charge < -0.3 is 0 Å². The lowest BCUT2D eigenvalue weighted by molar-refractivity contribution is -0.125. The molecule has 0 radical (unpaired) electrons. The van der Waals surface area contributed by atoms with E-state index in [2.05, 4.69) is 27.7 Å². The molecule has 0 atom stereocenters. The summed E-state index contributed by atoms with van der Waals surface area (Å²) in [4.78, 5) is 11.4. The first-order valence-electron chi connectivity index (χ1n) is 5.95. The van der Waals surface area contributed by atoms with E-state index >= 15 is 0 Å². The smallest absolute Gasteiger partial charge is 0.135 e. The third kappa shape index (κ3) is 4.78. The van der Waals surface area contributed by atoms with Gasteiger partial charge in [-0.2, -0.15) is 0 Å². The molecule has 1 heteroatoms. The van der Waals surface area contributed by atoms with Gasteiger partial charge in [0.2, 0.25) is 0 Å². The summed E-state index contributed by atoms with van der Waals surface area (Å²) in [5.41, 5.74) is -0.116. The van der Waals surface area contributed by atoms with Crippen molar-refractivity contribution in [1.29, 1.82) is 0 Å². The van der Waals surface area contributed by atoms with E-state index in [4.69, 9.17) is 0 Å². The normalized spacial score (nSPS) is 12.1. The first kappa shape index (κ1) is 13.7. The van der Waals surface area contributed by atoms with E-state index in [9.17, 15) is 4.79 Å². The van der Waals surface area contributed by atoms with E-state index in [0.29, 0.717) is 5.78 Å². The predicted molar refractivity (Wildman–Crippen MR) is 62.4 cm³/mol. The molecule has 0 unspecified atom stereocenters. The molecule has 0 bridgehead atoms. The van der Waals surface area contributed by atoms with Gasteiger partial charge in [-0.3, -0.25) is 4.79 Å². The summed E-state index contributed by atoms with van der Waals surface area (Å²) in [6.45, 7) is 10.3. The first-order valence-corrected chi connectivity index (χ1v) is 5.95. The fourth-order valence-corrected chi connectivity index (χ4v) is 2.03. The SMILES string of the molecule is CCCC(CCC)CC(C)(C)C(C)=O. The molecular weight excluding hydrogens is 172 g/mol. The van der Waals surface area contributed by atoms with Gasteiger partial charge in [-0.1, -0.05) is 53.4 Å². The quantitative estimate of drug-likeness (QED) is 0.599. The van der Waals surface area contributed by atoms with E-state index < -0.39 is 0 Å². The van der Waals surface area contributed by atoms with Crippen molar-refractivity contribution >= 4 is 5.78 Å². The second-order valence-electron chi connectivity index (χ2n) is 5.09. The molecule has 0 aromatic carbocycles. The number of carbonyl (C=O) groups is 1. The third-order valence-electron chi connectivity index (χ3n) is 3.15. The summed E-state index contributed by atoms with van der Waals surface area (Å²) < 4.78 is 0. The summed E-state index contributed by atoms with van der Waals surface area (Å²) in [6.07, 6.45) is 6.07. The van der Waals surface area contributed by atoms with Crippen molar-refractivity contribution in [3.63, 3.8) is 0 Å². The standard InChI is InChI=1S/C13H26O/c1-6-8-12(9-7-2)10-13(4,5)11(3)14/h12H,6-10H2,1-5H3. The minimum atomic E-state index is -0.116. The summed E-state index contributed by atoms with van der Waals surface area (Å²) in [5.74, 6) is 1.07. The Bertz CT molecular complexity index is 164. The zero-order valence-corrected chi connectivity index (χ0v) is 10.5. The number of ketones is 1. The number of hydrogen-bond donors (Lipinski definition) is 0. The van der Waals surface area contributed by atoms with E-state index in [1.165, 1.54) is 25.7 Å². The molecule has 0 aromatic rings. The Morgan fingerprint density at radius 2 is 1.57 bits per heavy atom. The zero-order valence-electron chi connectivity index (χ0n) is 10.5. The molecule has 0 saturated carbocycles. The van der Waals surface area contributed by atoms with Gasteiger partial charge in [-0.25, -0.2) is 0 Å². The molecule has 14 heavy (non-hydrogen) atoms. The summed E-state index contributed by atoms with van der Waals surface area (Å²) in [5, 5.41) is 0. The Kier molecular flexibility index (Phi) is 6.06. The number of hydrogen-bond acceptors (Lipinski definition) is 1.